The molecule has 7 nitrogen and oxygen atoms in total. The van der Waals surface area contributed by atoms with Gasteiger partial charge in [-0.2, -0.15) is 0 Å². The molecule has 0 saturated heterocycles. The van der Waals surface area contributed by atoms with Crippen LogP contribution in [-0.2, 0) is 25.2 Å². The molecule has 3 amide bonds. The lowest BCUT2D eigenvalue weighted by Gasteiger charge is -2.29. The summed E-state index contributed by atoms with van der Waals surface area (Å²) in [6, 6.07) is 9.28. The van der Waals surface area contributed by atoms with Crippen molar-refractivity contribution < 1.29 is 27.4 Å². The fourth-order valence-electron chi connectivity index (χ4n) is 3.83. The highest BCUT2D eigenvalue weighted by Gasteiger charge is 2.30. The summed E-state index contributed by atoms with van der Waals surface area (Å²) in [6.07, 6.45) is 3.80. The molecule has 1 aliphatic rings. The van der Waals surface area contributed by atoms with E-state index in [1.807, 2.05) is 0 Å². The number of halogens is 2. The van der Waals surface area contributed by atoms with Crippen molar-refractivity contribution in [2.75, 3.05) is 21.7 Å². The average molecular weight is 492 g/mol. The first-order chi connectivity index (χ1) is 16.2. The zero-order chi connectivity index (χ0) is 24.7. The van der Waals surface area contributed by atoms with Crippen LogP contribution in [0.5, 0.6) is 0 Å². The SMILES string of the molecule is C[C@H](C(=O)NC1CCCC1)N(C(=O)C[S@](=O)CC(=O)Nc1ccc(F)cc1)c1ccc(F)cc1. The van der Waals surface area contributed by atoms with Crippen molar-refractivity contribution in [1.82, 2.24) is 5.32 Å². The van der Waals surface area contributed by atoms with Gasteiger partial charge in [0.1, 0.15) is 29.2 Å². The van der Waals surface area contributed by atoms with Crippen molar-refractivity contribution in [3.63, 3.8) is 0 Å². The Morgan fingerprint density at radius 1 is 0.971 bits per heavy atom. The first-order valence-corrected chi connectivity index (χ1v) is 12.5. The predicted molar refractivity (Wildman–Crippen MR) is 127 cm³/mol. The fraction of sp³-hybridized carbons (Fsp3) is 0.375. The summed E-state index contributed by atoms with van der Waals surface area (Å²) < 4.78 is 39.0. The van der Waals surface area contributed by atoms with Crippen molar-refractivity contribution in [3.05, 3.63) is 60.2 Å². The number of hydrogen-bond acceptors (Lipinski definition) is 4. The summed E-state index contributed by atoms with van der Waals surface area (Å²) >= 11 is 0. The van der Waals surface area contributed by atoms with E-state index in [0.29, 0.717) is 5.69 Å². The second-order valence-corrected chi connectivity index (χ2v) is 9.65. The molecular weight excluding hydrogens is 464 g/mol. The van der Waals surface area contributed by atoms with Crippen molar-refractivity contribution in [2.24, 2.45) is 0 Å². The molecule has 1 fully saturated rings. The smallest absolute Gasteiger partial charge is 0.243 e. The van der Waals surface area contributed by atoms with Gasteiger partial charge in [0.15, 0.2) is 0 Å². The summed E-state index contributed by atoms with van der Waals surface area (Å²) in [5.74, 6) is -3.51. The first-order valence-electron chi connectivity index (χ1n) is 11.0. The highest BCUT2D eigenvalue weighted by molar-refractivity contribution is 7.86. The molecule has 0 unspecified atom stereocenters. The Bertz CT molecular complexity index is 1040. The maximum Gasteiger partial charge on any atom is 0.243 e. The summed E-state index contributed by atoms with van der Waals surface area (Å²) in [4.78, 5) is 39.3. The topological polar surface area (TPSA) is 95.6 Å². The molecular formula is C24H27F2N3O4S. The van der Waals surface area contributed by atoms with Gasteiger partial charge in [0, 0.05) is 28.2 Å². The molecule has 0 heterocycles. The quantitative estimate of drug-likeness (QED) is 0.564. The van der Waals surface area contributed by atoms with Gasteiger partial charge in [-0.3, -0.25) is 23.5 Å². The van der Waals surface area contributed by atoms with Gasteiger partial charge >= 0.3 is 0 Å². The first kappa shape index (κ1) is 25.5. The zero-order valence-corrected chi connectivity index (χ0v) is 19.6. The number of nitrogens with zero attached hydrogens (tertiary/aromatic N) is 1. The van der Waals surface area contributed by atoms with Gasteiger partial charge in [0.05, 0.1) is 0 Å². The Morgan fingerprint density at radius 2 is 1.53 bits per heavy atom. The third-order valence-corrected chi connectivity index (χ3v) is 6.70. The van der Waals surface area contributed by atoms with Crippen LogP contribution in [0, 0.1) is 11.6 Å². The summed E-state index contributed by atoms with van der Waals surface area (Å²) in [5.41, 5.74) is 0.619. The maximum atomic E-state index is 13.4. The Balaban J connectivity index is 1.66. The van der Waals surface area contributed by atoms with Crippen LogP contribution in [0.1, 0.15) is 32.6 Å². The highest BCUT2D eigenvalue weighted by Crippen LogP contribution is 2.21. The summed E-state index contributed by atoms with van der Waals surface area (Å²) in [7, 11) is -1.87. The van der Waals surface area contributed by atoms with Crippen LogP contribution >= 0.6 is 0 Å². The zero-order valence-electron chi connectivity index (χ0n) is 18.8. The molecule has 182 valence electrons. The van der Waals surface area contributed by atoms with Gasteiger partial charge in [-0.25, -0.2) is 8.78 Å². The molecule has 2 aromatic rings. The van der Waals surface area contributed by atoms with E-state index in [1.165, 1.54) is 53.4 Å². The molecule has 0 aromatic heterocycles. The van der Waals surface area contributed by atoms with Gasteiger partial charge in [0.2, 0.25) is 17.7 Å². The van der Waals surface area contributed by atoms with Crippen LogP contribution in [0.15, 0.2) is 48.5 Å². The van der Waals surface area contributed by atoms with E-state index in [2.05, 4.69) is 10.6 Å². The number of hydrogen-bond donors (Lipinski definition) is 2. The van der Waals surface area contributed by atoms with Gasteiger partial charge in [-0.15, -0.1) is 0 Å². The molecule has 0 bridgehead atoms. The average Bonchev–Trinajstić information content (AvgIpc) is 3.29. The number of rotatable bonds is 9. The van der Waals surface area contributed by atoms with E-state index in [1.54, 1.807) is 6.92 Å². The number of nitrogens with one attached hydrogen (secondary N) is 2. The third kappa shape index (κ3) is 7.18. The lowest BCUT2D eigenvalue weighted by molar-refractivity contribution is -0.125. The van der Waals surface area contributed by atoms with Crippen LogP contribution in [0.25, 0.3) is 0 Å². The monoisotopic (exact) mass is 491 g/mol. The Hall–Kier alpha value is -3.14. The van der Waals surface area contributed by atoms with Crippen LogP contribution in [-0.4, -0.2) is 45.5 Å². The number of carbonyl (C=O) groups is 3. The Kier molecular flexibility index (Phi) is 8.86. The van der Waals surface area contributed by atoms with Gasteiger partial charge in [0.25, 0.3) is 0 Å². The molecule has 0 radical (unpaired) electrons. The minimum Gasteiger partial charge on any atom is -0.352 e. The number of benzene rings is 2. The standard InChI is InChI=1S/C24H27F2N3O4S/c1-16(24(32)28-19-4-2-3-5-19)29(21-12-8-18(26)9-13-21)23(31)15-34(33)14-22(30)27-20-10-6-17(25)7-11-20/h6-13,16,19H,2-5,14-15H2,1H3,(H,27,30)(H,28,32)/t16-,34-/m1/s1. The number of carbonyl (C=O) groups excluding carboxylic acids is 3. The lowest BCUT2D eigenvalue weighted by Crippen LogP contribution is -2.51. The van der Waals surface area contributed by atoms with E-state index in [-0.39, 0.29) is 17.6 Å². The van der Waals surface area contributed by atoms with Crippen molar-refractivity contribution in [2.45, 2.75) is 44.7 Å². The van der Waals surface area contributed by atoms with Gasteiger partial charge < -0.3 is 10.6 Å². The van der Waals surface area contributed by atoms with E-state index in [4.69, 9.17) is 0 Å². The van der Waals surface area contributed by atoms with E-state index >= 15 is 0 Å². The largest absolute Gasteiger partial charge is 0.352 e. The van der Waals surface area contributed by atoms with Crippen LogP contribution < -0.4 is 15.5 Å². The Morgan fingerprint density at radius 3 is 2.12 bits per heavy atom. The second kappa shape index (κ2) is 11.8. The molecule has 0 aliphatic heterocycles. The Labute approximate surface area is 199 Å². The molecule has 34 heavy (non-hydrogen) atoms. The molecule has 2 atom stereocenters. The van der Waals surface area contributed by atoms with Crippen molar-refractivity contribution in [3.8, 4) is 0 Å². The van der Waals surface area contributed by atoms with Crippen molar-refractivity contribution >= 4 is 39.9 Å². The third-order valence-electron chi connectivity index (χ3n) is 5.55. The normalized spacial score (nSPS) is 15.4. The highest BCUT2D eigenvalue weighted by atomic mass is 32.2. The molecule has 3 rings (SSSR count). The summed E-state index contributed by atoms with van der Waals surface area (Å²) in [6.45, 7) is 1.55. The summed E-state index contributed by atoms with van der Waals surface area (Å²) in [5, 5.41) is 5.43. The predicted octanol–water partition coefficient (Wildman–Crippen LogP) is 3.13. The molecule has 1 saturated carbocycles. The molecule has 1 aliphatic carbocycles. The molecule has 10 heteroatoms. The minimum absolute atomic E-state index is 0.0457. The van der Waals surface area contributed by atoms with Crippen LogP contribution in [0.4, 0.5) is 20.2 Å². The van der Waals surface area contributed by atoms with Gasteiger partial charge in [-0.1, -0.05) is 12.8 Å². The lowest BCUT2D eigenvalue weighted by atomic mass is 10.1. The second-order valence-electron chi connectivity index (χ2n) is 8.19. The van der Waals surface area contributed by atoms with E-state index in [9.17, 15) is 27.4 Å². The number of anilines is 2. The molecule has 2 aromatic carbocycles. The van der Waals surface area contributed by atoms with Crippen molar-refractivity contribution in [1.29, 1.82) is 0 Å². The van der Waals surface area contributed by atoms with Crippen LogP contribution in [0.3, 0.4) is 0 Å². The van der Waals surface area contributed by atoms with Gasteiger partial charge in [-0.05, 0) is 68.3 Å². The molecule has 0 spiro atoms. The minimum atomic E-state index is -1.87. The van der Waals surface area contributed by atoms with Crippen LogP contribution in [0.2, 0.25) is 0 Å². The molecule has 2 N–H and O–H groups in total. The number of amides is 3. The van der Waals surface area contributed by atoms with E-state index in [0.717, 1.165) is 25.7 Å². The fourth-order valence-corrected chi connectivity index (χ4v) is 4.71. The maximum absolute atomic E-state index is 13.4. The van der Waals surface area contributed by atoms with E-state index < -0.39 is 51.8 Å².